The number of methoxy groups -OCH3 is 1. The Morgan fingerprint density at radius 1 is 1.13 bits per heavy atom. The van der Waals surface area contributed by atoms with Gasteiger partial charge in [0.15, 0.2) is 18.1 Å². The van der Waals surface area contributed by atoms with E-state index in [1.807, 2.05) is 19.9 Å². The summed E-state index contributed by atoms with van der Waals surface area (Å²) in [6.45, 7) is 3.54. The van der Waals surface area contributed by atoms with Crippen LogP contribution in [0, 0.1) is 0 Å². The van der Waals surface area contributed by atoms with Gasteiger partial charge in [-0.15, -0.1) is 0 Å². The van der Waals surface area contributed by atoms with Crippen LogP contribution in [0.4, 0.5) is 5.69 Å². The number of aromatic nitrogens is 2. The number of carbonyl (C=O) groups is 1. The summed E-state index contributed by atoms with van der Waals surface area (Å²) in [7, 11) is 1.46. The highest BCUT2D eigenvalue weighted by Gasteiger charge is 2.17. The molecule has 0 fully saturated rings. The van der Waals surface area contributed by atoms with Crippen molar-refractivity contribution in [2.24, 2.45) is 5.10 Å². The Bertz CT molecular complexity index is 1590. The van der Waals surface area contributed by atoms with Gasteiger partial charge in [-0.05, 0) is 48.5 Å². The zero-order chi connectivity index (χ0) is 27.4. The lowest BCUT2D eigenvalue weighted by molar-refractivity contribution is -0.118. The molecule has 0 spiro atoms. The monoisotopic (exact) mass is 616 g/mol. The van der Waals surface area contributed by atoms with Gasteiger partial charge in [0, 0.05) is 37.8 Å². The third kappa shape index (κ3) is 6.35. The summed E-state index contributed by atoms with van der Waals surface area (Å²) in [5, 5.41) is 8.52. The van der Waals surface area contributed by atoms with Crippen LogP contribution in [0.25, 0.3) is 10.9 Å². The molecular formula is C27H23BrCl2N4O4. The summed E-state index contributed by atoms with van der Waals surface area (Å²) in [5.74, 6) is 0.543. The van der Waals surface area contributed by atoms with Crippen molar-refractivity contribution >= 4 is 67.8 Å². The fourth-order valence-electron chi connectivity index (χ4n) is 3.63. The molecule has 1 amide bonds. The number of rotatable bonds is 8. The van der Waals surface area contributed by atoms with Crippen molar-refractivity contribution < 1.29 is 14.3 Å². The van der Waals surface area contributed by atoms with E-state index in [-0.39, 0.29) is 23.8 Å². The molecule has 196 valence electrons. The van der Waals surface area contributed by atoms with Crippen LogP contribution in [0.1, 0.15) is 31.2 Å². The molecule has 1 N–H and O–H groups in total. The lowest BCUT2D eigenvalue weighted by Crippen LogP contribution is -2.23. The van der Waals surface area contributed by atoms with Crippen LogP contribution in [0.5, 0.6) is 11.5 Å². The van der Waals surface area contributed by atoms with E-state index in [2.05, 4.69) is 31.3 Å². The van der Waals surface area contributed by atoms with E-state index < -0.39 is 5.91 Å². The summed E-state index contributed by atoms with van der Waals surface area (Å²) in [4.78, 5) is 30.5. The Kier molecular flexibility index (Phi) is 8.71. The number of hydrogen-bond acceptors (Lipinski definition) is 6. The molecule has 11 heteroatoms. The third-order valence-electron chi connectivity index (χ3n) is 5.41. The molecule has 1 heterocycles. The third-order valence-corrected chi connectivity index (χ3v) is 6.37. The number of ether oxygens (including phenoxy) is 2. The van der Waals surface area contributed by atoms with Gasteiger partial charge in [-0.25, -0.2) is 4.98 Å². The summed E-state index contributed by atoms with van der Waals surface area (Å²) in [6, 6.07) is 15.2. The highest BCUT2D eigenvalue weighted by atomic mass is 79.9. The summed E-state index contributed by atoms with van der Waals surface area (Å²) < 4.78 is 13.3. The Hall–Kier alpha value is -3.40. The molecule has 0 saturated heterocycles. The molecule has 38 heavy (non-hydrogen) atoms. The standard InChI is InChI=1S/C27H23BrCl2N4O4/c1-15(2)26-33-22-9-4-17(28)11-21(22)27(36)34(26)31-13-16-10-19(30)12-23(37-3)25(16)38-14-24(35)32-20-7-5-18(29)6-8-20/h4-13,15H,14H2,1-3H3,(H,32,35). The summed E-state index contributed by atoms with van der Waals surface area (Å²) >= 11 is 15.6. The average Bonchev–Trinajstić information content (AvgIpc) is 2.88. The number of fused-ring (bicyclic) bond motifs is 1. The van der Waals surface area contributed by atoms with Crippen molar-refractivity contribution in [3.8, 4) is 11.5 Å². The molecule has 4 aromatic rings. The molecule has 0 aliphatic heterocycles. The van der Waals surface area contributed by atoms with Crippen LogP contribution >= 0.6 is 39.1 Å². The van der Waals surface area contributed by atoms with Crippen LogP contribution in [0.3, 0.4) is 0 Å². The quantitative estimate of drug-likeness (QED) is 0.228. The van der Waals surface area contributed by atoms with Crippen LogP contribution in [-0.2, 0) is 4.79 Å². The second kappa shape index (κ2) is 12.0. The molecule has 0 unspecified atom stereocenters. The van der Waals surface area contributed by atoms with Gasteiger partial charge in [-0.2, -0.15) is 9.78 Å². The van der Waals surface area contributed by atoms with Gasteiger partial charge >= 0.3 is 0 Å². The molecule has 0 bridgehead atoms. The van der Waals surface area contributed by atoms with Crippen LogP contribution in [0.15, 0.2) is 69.0 Å². The van der Waals surface area contributed by atoms with E-state index in [1.54, 1.807) is 48.5 Å². The Balaban J connectivity index is 1.68. The van der Waals surface area contributed by atoms with Crippen LogP contribution in [-0.4, -0.2) is 35.5 Å². The fraction of sp³-hybridized carbons (Fsp3) is 0.185. The normalized spacial score (nSPS) is 11.3. The van der Waals surface area contributed by atoms with E-state index in [4.69, 9.17) is 32.7 Å². The predicted molar refractivity (Wildman–Crippen MR) is 154 cm³/mol. The zero-order valence-electron chi connectivity index (χ0n) is 20.7. The number of nitrogens with zero attached hydrogens (tertiary/aromatic N) is 3. The van der Waals surface area contributed by atoms with Crippen molar-refractivity contribution in [3.63, 3.8) is 0 Å². The van der Waals surface area contributed by atoms with Crippen molar-refractivity contribution in [2.45, 2.75) is 19.8 Å². The molecule has 0 radical (unpaired) electrons. The average molecular weight is 618 g/mol. The van der Waals surface area contributed by atoms with Gasteiger partial charge in [0.05, 0.1) is 24.2 Å². The van der Waals surface area contributed by atoms with Gasteiger partial charge in [-0.1, -0.05) is 53.0 Å². The summed E-state index contributed by atoms with van der Waals surface area (Å²) in [5.41, 5.74) is 1.23. The first-order valence-electron chi connectivity index (χ1n) is 11.5. The SMILES string of the molecule is COc1cc(Cl)cc(C=Nn2c(C(C)C)nc3ccc(Br)cc3c2=O)c1OCC(=O)Nc1ccc(Cl)cc1. The van der Waals surface area contributed by atoms with Crippen molar-refractivity contribution in [3.05, 3.63) is 90.9 Å². The molecule has 0 aliphatic rings. The molecular weight excluding hydrogens is 595 g/mol. The molecule has 0 aliphatic carbocycles. The highest BCUT2D eigenvalue weighted by molar-refractivity contribution is 9.10. The Labute approximate surface area is 237 Å². The minimum absolute atomic E-state index is 0.0888. The van der Waals surface area contributed by atoms with Gasteiger partial charge in [0.1, 0.15) is 5.82 Å². The van der Waals surface area contributed by atoms with Gasteiger partial charge in [0.2, 0.25) is 0 Å². The van der Waals surface area contributed by atoms with Gasteiger partial charge < -0.3 is 14.8 Å². The first kappa shape index (κ1) is 27.6. The number of anilines is 1. The van der Waals surface area contributed by atoms with E-state index in [1.165, 1.54) is 18.0 Å². The zero-order valence-corrected chi connectivity index (χ0v) is 23.8. The van der Waals surface area contributed by atoms with Crippen LogP contribution < -0.4 is 20.3 Å². The van der Waals surface area contributed by atoms with E-state index in [9.17, 15) is 9.59 Å². The van der Waals surface area contributed by atoms with Gasteiger partial charge in [0.25, 0.3) is 11.5 Å². The van der Waals surface area contributed by atoms with E-state index >= 15 is 0 Å². The highest BCUT2D eigenvalue weighted by Crippen LogP contribution is 2.34. The second-order valence-corrected chi connectivity index (χ2v) is 10.3. The van der Waals surface area contributed by atoms with Crippen molar-refractivity contribution in [2.75, 3.05) is 19.0 Å². The maximum Gasteiger partial charge on any atom is 0.282 e. The molecule has 0 atom stereocenters. The minimum atomic E-state index is -0.394. The number of benzene rings is 3. The number of hydrogen-bond donors (Lipinski definition) is 1. The molecule has 0 saturated carbocycles. The number of carbonyl (C=O) groups excluding carboxylic acids is 1. The Morgan fingerprint density at radius 2 is 1.87 bits per heavy atom. The molecule has 3 aromatic carbocycles. The van der Waals surface area contributed by atoms with Crippen molar-refractivity contribution in [1.82, 2.24) is 9.66 Å². The number of nitrogens with one attached hydrogen (secondary N) is 1. The Morgan fingerprint density at radius 3 is 2.55 bits per heavy atom. The maximum atomic E-state index is 13.4. The second-order valence-electron chi connectivity index (χ2n) is 8.52. The molecule has 1 aromatic heterocycles. The number of amides is 1. The summed E-state index contributed by atoms with van der Waals surface area (Å²) in [6.07, 6.45) is 1.43. The topological polar surface area (TPSA) is 94.8 Å². The lowest BCUT2D eigenvalue weighted by Gasteiger charge is -2.15. The first-order chi connectivity index (χ1) is 18.2. The van der Waals surface area contributed by atoms with Crippen LogP contribution in [0.2, 0.25) is 10.0 Å². The van der Waals surface area contributed by atoms with Crippen molar-refractivity contribution in [1.29, 1.82) is 0 Å². The number of halogens is 3. The fourth-order valence-corrected chi connectivity index (χ4v) is 4.33. The largest absolute Gasteiger partial charge is 0.493 e. The minimum Gasteiger partial charge on any atom is -0.493 e. The first-order valence-corrected chi connectivity index (χ1v) is 13.0. The van der Waals surface area contributed by atoms with E-state index in [0.29, 0.717) is 43.8 Å². The smallest absolute Gasteiger partial charge is 0.282 e. The lowest BCUT2D eigenvalue weighted by atomic mass is 10.2. The molecule has 4 rings (SSSR count). The molecule has 8 nitrogen and oxygen atoms in total. The van der Waals surface area contributed by atoms with E-state index in [0.717, 1.165) is 4.47 Å². The van der Waals surface area contributed by atoms with Gasteiger partial charge in [-0.3, -0.25) is 9.59 Å². The maximum absolute atomic E-state index is 13.4. The predicted octanol–water partition coefficient (Wildman–Crippen LogP) is 6.50.